The smallest absolute Gasteiger partial charge is 0.269 e. The first-order chi connectivity index (χ1) is 13.2. The fraction of sp³-hybridized carbons (Fsp3) is 0.368. The summed E-state index contributed by atoms with van der Waals surface area (Å²) in [4.78, 5) is 25.9. The van der Waals surface area contributed by atoms with Crippen molar-refractivity contribution in [3.63, 3.8) is 0 Å². The Morgan fingerprint density at radius 2 is 1.89 bits per heavy atom. The molecule has 1 heterocycles. The summed E-state index contributed by atoms with van der Waals surface area (Å²) in [5.74, 6) is 8.94. The van der Waals surface area contributed by atoms with E-state index >= 15 is 0 Å². The molecule has 4 N–H and O–H groups in total. The maximum absolute atomic E-state index is 13.0. The van der Waals surface area contributed by atoms with Gasteiger partial charge in [-0.1, -0.05) is 11.8 Å². The van der Waals surface area contributed by atoms with E-state index in [9.17, 15) is 23.5 Å². The van der Waals surface area contributed by atoms with Gasteiger partial charge in [-0.25, -0.2) is 14.3 Å². The minimum atomic E-state index is -3.34. The summed E-state index contributed by atoms with van der Waals surface area (Å²) in [7, 11) is 1.95. The van der Waals surface area contributed by atoms with Crippen LogP contribution in [0.15, 0.2) is 24.3 Å². The molecule has 2 rings (SSSR count). The monoisotopic (exact) mass is 391 g/mol. The largest absolute Gasteiger partial charge is 0.381 e. The van der Waals surface area contributed by atoms with E-state index in [1.54, 1.807) is 0 Å². The number of hydrogen-bond acceptors (Lipinski definition) is 5. The second kappa shape index (κ2) is 8.81. The number of alkyl halides is 2. The van der Waals surface area contributed by atoms with Crippen LogP contribution in [0.25, 0.3) is 0 Å². The van der Waals surface area contributed by atoms with Crippen molar-refractivity contribution in [2.75, 3.05) is 13.6 Å². The topological polar surface area (TPSA) is 102 Å². The first kappa shape index (κ1) is 21.3. The highest BCUT2D eigenvalue weighted by Gasteiger charge is 2.46. The molecule has 0 saturated carbocycles. The first-order valence-electron chi connectivity index (χ1n) is 8.24. The lowest BCUT2D eigenvalue weighted by molar-refractivity contribution is -0.149. The van der Waals surface area contributed by atoms with Gasteiger partial charge in [0.15, 0.2) is 5.60 Å². The van der Waals surface area contributed by atoms with Crippen LogP contribution in [-0.4, -0.2) is 64.7 Å². The normalized spacial score (nSPS) is 20.5. The second-order valence-corrected chi connectivity index (χ2v) is 6.46. The summed E-state index contributed by atoms with van der Waals surface area (Å²) in [5, 5.41) is 20.5. The van der Waals surface area contributed by atoms with Crippen molar-refractivity contribution in [2.45, 2.75) is 31.0 Å². The number of hydrogen-bond donors (Lipinski definition) is 4. The van der Waals surface area contributed by atoms with Crippen LogP contribution in [0.5, 0.6) is 0 Å². The quantitative estimate of drug-likeness (QED) is 0.245. The highest BCUT2D eigenvalue weighted by Crippen LogP contribution is 2.20. The van der Waals surface area contributed by atoms with Crippen LogP contribution in [-0.2, 0) is 4.79 Å². The van der Waals surface area contributed by atoms with Crippen LogP contribution >= 0.6 is 0 Å². The average Bonchev–Trinajstić information content (AvgIpc) is 3.37. The van der Waals surface area contributed by atoms with E-state index < -0.39 is 29.9 Å². The summed E-state index contributed by atoms with van der Waals surface area (Å²) in [6.07, 6.45) is -3.34. The first-order valence-corrected chi connectivity index (χ1v) is 8.24. The van der Waals surface area contributed by atoms with Crippen molar-refractivity contribution in [3.05, 3.63) is 35.4 Å². The number of carbonyl (C=O) groups excluding carboxylic acids is 2. The van der Waals surface area contributed by atoms with Gasteiger partial charge in [0.2, 0.25) is 0 Å². The third kappa shape index (κ3) is 5.27. The molecular formula is C19H19F2N3O4. The molecule has 2 amide bonds. The lowest BCUT2D eigenvalue weighted by Crippen LogP contribution is -2.61. The van der Waals surface area contributed by atoms with Gasteiger partial charge in [0, 0.05) is 17.7 Å². The Balaban J connectivity index is 2.07. The molecule has 1 saturated heterocycles. The standard InChI is InChI=1S/C19H19F2N3O4/c1-19(27,18(20)21)15(17(26)23-28)22-16(25)13-9-7-12(8-10-13)5-3-4-6-14-11-24(14)2/h7-10,14-15,18,27-28H,11H2,1-2H3,(H,22,25)(H,23,26)/t14?,15-,19+,24?/m1/s1. The molecule has 1 aromatic rings. The van der Waals surface area contributed by atoms with E-state index in [0.717, 1.165) is 12.0 Å². The van der Waals surface area contributed by atoms with Gasteiger partial charge in [-0.3, -0.25) is 19.7 Å². The molecule has 4 atom stereocenters. The molecule has 0 aromatic heterocycles. The van der Waals surface area contributed by atoms with Gasteiger partial charge >= 0.3 is 0 Å². The Kier molecular flexibility index (Phi) is 6.71. The predicted molar refractivity (Wildman–Crippen MR) is 95.3 cm³/mol. The van der Waals surface area contributed by atoms with Crippen LogP contribution < -0.4 is 10.8 Å². The Morgan fingerprint density at radius 1 is 1.29 bits per heavy atom. The Labute approximate surface area is 160 Å². The number of carbonyl (C=O) groups is 2. The number of halogens is 2. The van der Waals surface area contributed by atoms with Crippen molar-refractivity contribution >= 4 is 11.8 Å². The molecular weight excluding hydrogens is 372 g/mol. The minimum Gasteiger partial charge on any atom is -0.381 e. The summed E-state index contributed by atoms with van der Waals surface area (Å²) >= 11 is 0. The molecule has 9 heteroatoms. The van der Waals surface area contributed by atoms with Gasteiger partial charge in [0.1, 0.15) is 6.04 Å². The van der Waals surface area contributed by atoms with Gasteiger partial charge in [0.05, 0.1) is 6.04 Å². The third-order valence-corrected chi connectivity index (χ3v) is 4.19. The highest BCUT2D eigenvalue weighted by molar-refractivity contribution is 5.97. The average molecular weight is 391 g/mol. The van der Waals surface area contributed by atoms with E-state index in [0.29, 0.717) is 12.5 Å². The molecule has 0 aliphatic carbocycles. The molecule has 1 aliphatic rings. The molecule has 0 bridgehead atoms. The number of nitrogens with zero attached hydrogens (tertiary/aromatic N) is 1. The molecule has 148 valence electrons. The molecule has 7 nitrogen and oxygen atoms in total. The number of aliphatic hydroxyl groups is 1. The van der Waals surface area contributed by atoms with Crippen molar-refractivity contribution in [2.24, 2.45) is 0 Å². The maximum Gasteiger partial charge on any atom is 0.269 e. The second-order valence-electron chi connectivity index (χ2n) is 6.46. The summed E-state index contributed by atoms with van der Waals surface area (Å²) in [5.41, 5.74) is -1.10. The Hall–Kier alpha value is -2.98. The molecule has 1 aliphatic heterocycles. The molecule has 2 unspecified atom stereocenters. The lowest BCUT2D eigenvalue weighted by atomic mass is 9.95. The van der Waals surface area contributed by atoms with E-state index in [2.05, 4.69) is 28.6 Å². The Morgan fingerprint density at radius 3 is 2.39 bits per heavy atom. The number of benzene rings is 1. The van der Waals surface area contributed by atoms with Gasteiger partial charge in [0.25, 0.3) is 18.2 Å². The van der Waals surface area contributed by atoms with Crippen LogP contribution in [0.4, 0.5) is 8.78 Å². The number of hydroxylamine groups is 1. The zero-order valence-corrected chi connectivity index (χ0v) is 15.2. The fourth-order valence-corrected chi connectivity index (χ4v) is 2.19. The third-order valence-electron chi connectivity index (χ3n) is 4.19. The van der Waals surface area contributed by atoms with Crippen molar-refractivity contribution in [1.29, 1.82) is 0 Å². The van der Waals surface area contributed by atoms with Crippen LogP contribution in [0.2, 0.25) is 0 Å². The van der Waals surface area contributed by atoms with E-state index in [-0.39, 0.29) is 11.6 Å². The lowest BCUT2D eigenvalue weighted by Gasteiger charge is -2.30. The number of rotatable bonds is 5. The molecule has 0 radical (unpaired) electrons. The Bertz CT molecular complexity index is 863. The summed E-state index contributed by atoms with van der Waals surface area (Å²) in [6.45, 7) is 1.60. The number of amides is 2. The maximum atomic E-state index is 13.0. The fourth-order valence-electron chi connectivity index (χ4n) is 2.19. The van der Waals surface area contributed by atoms with Gasteiger partial charge in [-0.2, -0.15) is 0 Å². The summed E-state index contributed by atoms with van der Waals surface area (Å²) in [6, 6.07) is 3.99. The van der Waals surface area contributed by atoms with Crippen LogP contribution in [0.3, 0.4) is 0 Å². The van der Waals surface area contributed by atoms with Gasteiger partial charge in [-0.15, -0.1) is 0 Å². The minimum absolute atomic E-state index is 0.0528. The van der Waals surface area contributed by atoms with Gasteiger partial charge < -0.3 is 10.4 Å². The highest BCUT2D eigenvalue weighted by atomic mass is 19.3. The predicted octanol–water partition coefficient (Wildman–Crippen LogP) is -0.0246. The van der Waals surface area contributed by atoms with Crippen molar-refractivity contribution in [3.8, 4) is 23.7 Å². The molecule has 0 spiro atoms. The van der Waals surface area contributed by atoms with Crippen molar-refractivity contribution < 1.29 is 28.7 Å². The van der Waals surface area contributed by atoms with Crippen molar-refractivity contribution in [1.82, 2.24) is 15.7 Å². The van der Waals surface area contributed by atoms with E-state index in [1.807, 2.05) is 12.4 Å². The molecule has 28 heavy (non-hydrogen) atoms. The number of likely N-dealkylation sites (N-methyl/N-ethyl adjacent to an activating group) is 1. The SMILES string of the molecule is CN1CC1C#CC#Cc1ccc(C(=O)N[C@H](C(=O)NO)[C@](C)(O)C(F)F)cc1. The van der Waals surface area contributed by atoms with E-state index in [4.69, 9.17) is 5.21 Å². The molecule has 1 fully saturated rings. The van der Waals surface area contributed by atoms with Crippen LogP contribution in [0, 0.1) is 23.7 Å². The number of nitrogens with one attached hydrogen (secondary N) is 2. The van der Waals surface area contributed by atoms with Crippen LogP contribution in [0.1, 0.15) is 22.8 Å². The zero-order valence-electron chi connectivity index (χ0n) is 15.2. The summed E-state index contributed by atoms with van der Waals surface area (Å²) < 4.78 is 26.0. The van der Waals surface area contributed by atoms with Gasteiger partial charge in [-0.05, 0) is 50.1 Å². The van der Waals surface area contributed by atoms with E-state index in [1.165, 1.54) is 24.3 Å². The molecule has 1 aromatic carbocycles. The zero-order chi connectivity index (χ0) is 20.9.